The number of rotatable bonds is 11. The Balaban J connectivity index is 1.89. The molecule has 1 fully saturated rings. The number of hydrogen-bond donors (Lipinski definition) is 4. The first kappa shape index (κ1) is 24.1. The van der Waals surface area contributed by atoms with Gasteiger partial charge in [0.15, 0.2) is 0 Å². The first-order chi connectivity index (χ1) is 14.4. The summed E-state index contributed by atoms with van der Waals surface area (Å²) in [6, 6.07) is 6.04. The van der Waals surface area contributed by atoms with Crippen LogP contribution in [0.4, 0.5) is 4.39 Å². The van der Waals surface area contributed by atoms with Crippen molar-refractivity contribution >= 4 is 23.4 Å². The number of carboxylic acids is 1. The van der Waals surface area contributed by atoms with Crippen molar-refractivity contribution in [3.63, 3.8) is 0 Å². The third-order valence-electron chi connectivity index (χ3n) is 5.00. The second-order valence-electron chi connectivity index (χ2n) is 7.26. The average Bonchev–Trinajstić information content (AvgIpc) is 3.03. The molecule has 164 valence electrons. The zero-order valence-corrected chi connectivity index (χ0v) is 17.4. The normalized spacial score (nSPS) is 24.2. The van der Waals surface area contributed by atoms with Crippen molar-refractivity contribution in [3.05, 3.63) is 54.4 Å². The lowest BCUT2D eigenvalue weighted by Crippen LogP contribution is -2.19. The molecule has 0 bridgehead atoms. The van der Waals surface area contributed by atoms with E-state index in [9.17, 15) is 24.6 Å². The fourth-order valence-corrected chi connectivity index (χ4v) is 4.21. The van der Waals surface area contributed by atoms with Crippen molar-refractivity contribution in [3.8, 4) is 0 Å². The van der Waals surface area contributed by atoms with E-state index in [1.165, 1.54) is 23.9 Å². The number of carbonyl (C=O) groups is 1. The quantitative estimate of drug-likeness (QED) is 0.138. The van der Waals surface area contributed by atoms with Crippen LogP contribution in [-0.2, 0) is 4.79 Å². The Morgan fingerprint density at radius 1 is 1.30 bits per heavy atom. The number of halogens is 1. The molecule has 6 nitrogen and oxygen atoms in total. The van der Waals surface area contributed by atoms with Crippen LogP contribution >= 0.6 is 11.8 Å². The number of nitrogens with zero attached hydrogens (tertiary/aromatic N) is 1. The van der Waals surface area contributed by atoms with Crippen LogP contribution in [0, 0.1) is 17.7 Å². The Morgan fingerprint density at radius 3 is 2.70 bits per heavy atom. The van der Waals surface area contributed by atoms with Crippen LogP contribution in [0.2, 0.25) is 0 Å². The average molecular weight is 438 g/mol. The molecule has 1 aliphatic rings. The molecule has 4 atom stereocenters. The summed E-state index contributed by atoms with van der Waals surface area (Å²) in [5.74, 6) is -1.21. The van der Waals surface area contributed by atoms with E-state index in [2.05, 4.69) is 5.16 Å². The van der Waals surface area contributed by atoms with Gasteiger partial charge in [0.05, 0.1) is 17.9 Å². The lowest BCUT2D eigenvalue weighted by atomic mass is 9.90. The van der Waals surface area contributed by atoms with Gasteiger partial charge in [-0.2, -0.15) is 0 Å². The maximum atomic E-state index is 12.9. The second kappa shape index (κ2) is 12.5. The van der Waals surface area contributed by atoms with E-state index in [0.717, 1.165) is 4.90 Å². The number of benzene rings is 1. The van der Waals surface area contributed by atoms with Gasteiger partial charge in [-0.15, -0.1) is 11.8 Å². The van der Waals surface area contributed by atoms with E-state index in [4.69, 9.17) is 5.11 Å². The van der Waals surface area contributed by atoms with Crippen LogP contribution in [0.3, 0.4) is 0 Å². The van der Waals surface area contributed by atoms with Crippen molar-refractivity contribution in [2.24, 2.45) is 17.0 Å². The van der Waals surface area contributed by atoms with Gasteiger partial charge < -0.3 is 20.5 Å². The third kappa shape index (κ3) is 7.93. The van der Waals surface area contributed by atoms with Crippen LogP contribution in [0.25, 0.3) is 0 Å². The monoisotopic (exact) mass is 437 g/mol. The van der Waals surface area contributed by atoms with Gasteiger partial charge in [0.1, 0.15) is 5.82 Å². The fraction of sp³-hybridized carbons (Fsp3) is 0.455. The Hall–Kier alpha value is -2.16. The molecule has 1 saturated carbocycles. The molecule has 0 radical (unpaired) electrons. The SMILES string of the molecule is O=C(O)CCC/C=C/C[C@H]1[C@@H](O)C/C(=N/O)[C@@H]1/C=C/[C@@H](O)CSc1ccc(F)cc1. The van der Waals surface area contributed by atoms with E-state index in [0.29, 0.717) is 30.7 Å². The molecule has 0 unspecified atom stereocenters. The minimum Gasteiger partial charge on any atom is -0.481 e. The van der Waals surface area contributed by atoms with Crippen molar-refractivity contribution in [2.75, 3.05) is 5.75 Å². The Bertz CT molecular complexity index is 765. The Labute approximate surface area is 179 Å². The fourth-order valence-electron chi connectivity index (χ4n) is 3.41. The van der Waals surface area contributed by atoms with Gasteiger partial charge in [-0.25, -0.2) is 4.39 Å². The lowest BCUT2D eigenvalue weighted by molar-refractivity contribution is -0.137. The maximum absolute atomic E-state index is 12.9. The molecule has 0 saturated heterocycles. The van der Waals surface area contributed by atoms with E-state index < -0.39 is 18.2 Å². The van der Waals surface area contributed by atoms with E-state index >= 15 is 0 Å². The number of carboxylic acid groups (broad SMARTS) is 1. The number of aliphatic hydroxyl groups excluding tert-OH is 2. The first-order valence-electron chi connectivity index (χ1n) is 9.91. The minimum atomic E-state index is -0.820. The number of oxime groups is 1. The second-order valence-corrected chi connectivity index (χ2v) is 8.36. The molecule has 0 amide bonds. The molecular weight excluding hydrogens is 409 g/mol. The van der Waals surface area contributed by atoms with Gasteiger partial charge in [-0.1, -0.05) is 29.5 Å². The summed E-state index contributed by atoms with van der Waals surface area (Å²) in [5, 5.41) is 41.8. The molecule has 0 heterocycles. The van der Waals surface area contributed by atoms with Gasteiger partial charge in [-0.3, -0.25) is 4.79 Å². The molecule has 4 N–H and O–H groups in total. The minimum absolute atomic E-state index is 0.122. The highest BCUT2D eigenvalue weighted by atomic mass is 32.2. The number of aliphatic hydroxyl groups is 2. The van der Waals surface area contributed by atoms with Crippen LogP contribution in [0.5, 0.6) is 0 Å². The number of unbranched alkanes of at least 4 members (excludes halogenated alkanes) is 1. The van der Waals surface area contributed by atoms with Crippen molar-refractivity contribution in [1.82, 2.24) is 0 Å². The molecule has 8 heteroatoms. The number of allylic oxidation sites excluding steroid dienone is 3. The molecule has 1 aliphatic carbocycles. The summed E-state index contributed by atoms with van der Waals surface area (Å²) in [5.41, 5.74) is 0.474. The molecule has 1 aromatic rings. The van der Waals surface area contributed by atoms with Gasteiger partial charge in [0.2, 0.25) is 0 Å². The summed E-state index contributed by atoms with van der Waals surface area (Å²) in [4.78, 5) is 11.4. The van der Waals surface area contributed by atoms with E-state index in [-0.39, 0.29) is 30.5 Å². The highest BCUT2D eigenvalue weighted by Gasteiger charge is 2.38. The summed E-state index contributed by atoms with van der Waals surface area (Å²) >= 11 is 1.40. The molecule has 0 aliphatic heterocycles. The van der Waals surface area contributed by atoms with Crippen molar-refractivity contribution in [2.45, 2.75) is 49.2 Å². The Morgan fingerprint density at radius 2 is 2.03 bits per heavy atom. The summed E-state index contributed by atoms with van der Waals surface area (Å²) in [6.45, 7) is 0. The molecular formula is C22H28FNO5S. The number of aliphatic carboxylic acids is 1. The number of thioether (sulfide) groups is 1. The molecule has 1 aromatic carbocycles. The van der Waals surface area contributed by atoms with Crippen LogP contribution in [0.15, 0.2) is 58.6 Å². The topological polar surface area (TPSA) is 110 Å². The molecule has 0 aromatic heterocycles. The van der Waals surface area contributed by atoms with Gasteiger partial charge in [0, 0.05) is 35.3 Å². The van der Waals surface area contributed by atoms with Gasteiger partial charge >= 0.3 is 5.97 Å². The Kier molecular flexibility index (Phi) is 10.1. The van der Waals surface area contributed by atoms with E-state index in [1.807, 2.05) is 12.2 Å². The summed E-state index contributed by atoms with van der Waals surface area (Å²) in [6.07, 6.45) is 7.97. The van der Waals surface area contributed by atoms with Crippen LogP contribution < -0.4 is 0 Å². The zero-order chi connectivity index (χ0) is 21.9. The smallest absolute Gasteiger partial charge is 0.303 e. The predicted molar refractivity (Wildman–Crippen MR) is 114 cm³/mol. The maximum Gasteiger partial charge on any atom is 0.303 e. The van der Waals surface area contributed by atoms with Gasteiger partial charge in [-0.05, 0) is 43.5 Å². The summed E-state index contributed by atoms with van der Waals surface area (Å²) < 4.78 is 12.9. The molecule has 0 spiro atoms. The lowest BCUT2D eigenvalue weighted by Gasteiger charge is -2.18. The molecule has 2 rings (SSSR count). The molecule has 30 heavy (non-hydrogen) atoms. The highest BCUT2D eigenvalue weighted by molar-refractivity contribution is 7.99. The highest BCUT2D eigenvalue weighted by Crippen LogP contribution is 2.34. The standard InChI is InChI=1S/C22H28FNO5S/c23-15-7-10-17(11-8-15)30-14-16(25)9-12-18-19(21(26)13-20(18)24-29)5-3-1-2-4-6-22(27)28/h1,3,7-12,16,18-19,21,25-26,29H,2,4-6,13-14H2,(H,27,28)/b3-1+,12-9+,24-20-/t16-,18-,19-,21+/m1/s1. The van der Waals surface area contributed by atoms with Crippen LogP contribution in [-0.4, -0.2) is 50.2 Å². The van der Waals surface area contributed by atoms with Crippen molar-refractivity contribution in [1.29, 1.82) is 0 Å². The number of hydrogen-bond acceptors (Lipinski definition) is 6. The van der Waals surface area contributed by atoms with E-state index in [1.54, 1.807) is 24.3 Å². The van der Waals surface area contributed by atoms with Gasteiger partial charge in [0.25, 0.3) is 0 Å². The van der Waals surface area contributed by atoms with Crippen LogP contribution in [0.1, 0.15) is 32.1 Å². The zero-order valence-electron chi connectivity index (χ0n) is 16.6. The largest absolute Gasteiger partial charge is 0.481 e. The first-order valence-corrected chi connectivity index (χ1v) is 10.9. The summed E-state index contributed by atoms with van der Waals surface area (Å²) in [7, 11) is 0. The van der Waals surface area contributed by atoms with Crippen molar-refractivity contribution < 1.29 is 29.7 Å². The predicted octanol–water partition coefficient (Wildman–Crippen LogP) is 3.86. The third-order valence-corrected chi connectivity index (χ3v) is 6.11.